The van der Waals surface area contributed by atoms with Crippen molar-refractivity contribution in [1.82, 2.24) is 4.98 Å². The van der Waals surface area contributed by atoms with E-state index in [1.54, 1.807) is 0 Å². The molecule has 1 heterocycles. The second-order valence-electron chi connectivity index (χ2n) is 4.01. The van der Waals surface area contributed by atoms with Crippen LogP contribution in [-0.2, 0) is 5.41 Å². The van der Waals surface area contributed by atoms with Crippen LogP contribution in [0.1, 0.15) is 45.6 Å². The summed E-state index contributed by atoms with van der Waals surface area (Å²) in [6.07, 6.45) is 5.42. The van der Waals surface area contributed by atoms with Crippen molar-refractivity contribution in [3.63, 3.8) is 0 Å². The summed E-state index contributed by atoms with van der Waals surface area (Å²) in [6.45, 7) is 6.80. The van der Waals surface area contributed by atoms with E-state index in [1.165, 1.54) is 18.4 Å². The molecular weight excluding hydrogens is 238 g/mol. The van der Waals surface area contributed by atoms with Crippen LogP contribution in [0, 0.1) is 0 Å². The first-order chi connectivity index (χ1) is 6.64. The van der Waals surface area contributed by atoms with Crippen molar-refractivity contribution in [3.8, 4) is 0 Å². The van der Waals surface area contributed by atoms with E-state index >= 15 is 0 Å². The fourth-order valence-corrected chi connectivity index (χ4v) is 2.62. The summed E-state index contributed by atoms with van der Waals surface area (Å²) in [5.41, 5.74) is 1.60. The Kier molecular flexibility index (Phi) is 4.11. The Labute approximate surface area is 95.1 Å². The van der Waals surface area contributed by atoms with E-state index in [0.717, 1.165) is 11.0 Å². The predicted molar refractivity (Wildman–Crippen MR) is 64.5 cm³/mol. The minimum atomic E-state index is 0.266. The summed E-state index contributed by atoms with van der Waals surface area (Å²) in [7, 11) is 0. The molecule has 0 amide bonds. The van der Waals surface area contributed by atoms with Gasteiger partial charge in [0.15, 0.2) is 0 Å². The van der Waals surface area contributed by atoms with Crippen molar-refractivity contribution in [2.45, 2.75) is 45.4 Å². The van der Waals surface area contributed by atoms with Gasteiger partial charge in [-0.25, -0.2) is 4.98 Å². The first-order valence-corrected chi connectivity index (χ1v) is 6.04. The number of nitrogens with zero attached hydrogens (tertiary/aromatic N) is 1. The van der Waals surface area contributed by atoms with Crippen LogP contribution in [0.5, 0.6) is 0 Å². The molecule has 0 fully saturated rings. The molecule has 1 aromatic heterocycles. The van der Waals surface area contributed by atoms with Gasteiger partial charge in [-0.2, -0.15) is 0 Å². The summed E-state index contributed by atoms with van der Waals surface area (Å²) in [5.74, 6) is 0. The van der Waals surface area contributed by atoms with Crippen LogP contribution in [0.3, 0.4) is 0 Å². The first kappa shape index (κ1) is 11.7. The molecule has 14 heavy (non-hydrogen) atoms. The van der Waals surface area contributed by atoms with Crippen molar-refractivity contribution < 1.29 is 0 Å². The maximum absolute atomic E-state index is 4.29. The van der Waals surface area contributed by atoms with Crippen molar-refractivity contribution >= 4 is 15.9 Å². The Morgan fingerprint density at radius 2 is 2.14 bits per heavy atom. The van der Waals surface area contributed by atoms with Gasteiger partial charge in [0.25, 0.3) is 0 Å². The highest BCUT2D eigenvalue weighted by Crippen LogP contribution is 2.35. The van der Waals surface area contributed by atoms with E-state index in [0.29, 0.717) is 0 Å². The van der Waals surface area contributed by atoms with Gasteiger partial charge in [0, 0.05) is 6.20 Å². The number of halogens is 1. The molecule has 1 atom stereocenters. The molecule has 1 nitrogen and oxygen atoms in total. The van der Waals surface area contributed by atoms with Crippen molar-refractivity contribution in [3.05, 3.63) is 28.5 Å². The van der Waals surface area contributed by atoms with Gasteiger partial charge in [0.1, 0.15) is 4.60 Å². The fraction of sp³-hybridized carbons (Fsp3) is 0.583. The van der Waals surface area contributed by atoms with Crippen LogP contribution >= 0.6 is 15.9 Å². The van der Waals surface area contributed by atoms with Crippen LogP contribution < -0.4 is 0 Å². The minimum absolute atomic E-state index is 0.266. The second kappa shape index (κ2) is 4.92. The third kappa shape index (κ3) is 2.35. The Morgan fingerprint density at radius 3 is 2.64 bits per heavy atom. The smallest absolute Gasteiger partial charge is 0.109 e. The lowest BCUT2D eigenvalue weighted by atomic mass is 9.77. The normalized spacial score (nSPS) is 15.1. The molecule has 1 rings (SSSR count). The Morgan fingerprint density at radius 1 is 1.43 bits per heavy atom. The van der Waals surface area contributed by atoms with Gasteiger partial charge in [-0.1, -0.05) is 33.3 Å². The minimum Gasteiger partial charge on any atom is -0.249 e. The summed E-state index contributed by atoms with van der Waals surface area (Å²) >= 11 is 3.53. The molecular formula is C12H18BrN. The monoisotopic (exact) mass is 255 g/mol. The second-order valence-corrected chi connectivity index (χ2v) is 4.76. The summed E-state index contributed by atoms with van der Waals surface area (Å²) < 4.78 is 0.998. The molecule has 0 radical (unpaired) electrons. The zero-order valence-corrected chi connectivity index (χ0v) is 10.8. The quantitative estimate of drug-likeness (QED) is 0.731. The highest BCUT2D eigenvalue weighted by atomic mass is 79.9. The van der Waals surface area contributed by atoms with Crippen LogP contribution in [0.25, 0.3) is 0 Å². The molecule has 2 heteroatoms. The lowest BCUT2D eigenvalue weighted by Crippen LogP contribution is -2.21. The van der Waals surface area contributed by atoms with Gasteiger partial charge >= 0.3 is 0 Å². The molecule has 0 bridgehead atoms. The Hall–Kier alpha value is -0.370. The Bertz CT molecular complexity index is 298. The molecule has 1 aromatic rings. The lowest BCUT2D eigenvalue weighted by Gasteiger charge is -2.29. The van der Waals surface area contributed by atoms with Gasteiger partial charge in [0.05, 0.1) is 0 Å². The zero-order chi connectivity index (χ0) is 10.6. The summed E-state index contributed by atoms with van der Waals surface area (Å²) in [6, 6.07) is 4.19. The summed E-state index contributed by atoms with van der Waals surface area (Å²) in [5, 5.41) is 0. The molecule has 78 valence electrons. The lowest BCUT2D eigenvalue weighted by molar-refractivity contribution is 0.410. The van der Waals surface area contributed by atoms with Crippen LogP contribution in [0.4, 0.5) is 0 Å². The van der Waals surface area contributed by atoms with Crippen molar-refractivity contribution in [2.24, 2.45) is 0 Å². The number of hydrogen-bond acceptors (Lipinski definition) is 1. The standard InChI is InChI=1S/C12H18BrN/c1-4-8-12(3,5-2)10-7-6-9-14-11(10)13/h6-7,9H,4-5,8H2,1-3H3. The van der Waals surface area contributed by atoms with E-state index in [2.05, 4.69) is 47.8 Å². The Balaban J connectivity index is 3.05. The van der Waals surface area contributed by atoms with E-state index in [4.69, 9.17) is 0 Å². The molecule has 1 unspecified atom stereocenters. The zero-order valence-electron chi connectivity index (χ0n) is 9.18. The fourth-order valence-electron chi connectivity index (χ4n) is 1.89. The van der Waals surface area contributed by atoms with E-state index in [-0.39, 0.29) is 5.41 Å². The third-order valence-electron chi connectivity index (χ3n) is 2.99. The number of rotatable bonds is 4. The van der Waals surface area contributed by atoms with Gasteiger partial charge < -0.3 is 0 Å². The highest BCUT2D eigenvalue weighted by Gasteiger charge is 2.25. The molecule has 0 saturated heterocycles. The summed E-state index contributed by atoms with van der Waals surface area (Å²) in [4.78, 5) is 4.29. The van der Waals surface area contributed by atoms with E-state index < -0.39 is 0 Å². The first-order valence-electron chi connectivity index (χ1n) is 5.25. The van der Waals surface area contributed by atoms with E-state index in [9.17, 15) is 0 Å². The van der Waals surface area contributed by atoms with Crippen molar-refractivity contribution in [1.29, 1.82) is 0 Å². The predicted octanol–water partition coefficient (Wildman–Crippen LogP) is 4.31. The van der Waals surface area contributed by atoms with Crippen LogP contribution in [0.15, 0.2) is 22.9 Å². The largest absolute Gasteiger partial charge is 0.249 e. The molecule has 0 aromatic carbocycles. The van der Waals surface area contributed by atoms with Crippen molar-refractivity contribution in [2.75, 3.05) is 0 Å². The van der Waals surface area contributed by atoms with E-state index in [1.807, 2.05) is 12.3 Å². The molecule has 0 aliphatic heterocycles. The topological polar surface area (TPSA) is 12.9 Å². The molecule has 0 saturated carbocycles. The number of hydrogen-bond donors (Lipinski definition) is 0. The number of pyridine rings is 1. The van der Waals surface area contributed by atoms with Crippen LogP contribution in [0.2, 0.25) is 0 Å². The third-order valence-corrected chi connectivity index (χ3v) is 3.62. The maximum Gasteiger partial charge on any atom is 0.109 e. The average molecular weight is 256 g/mol. The molecule has 0 aliphatic carbocycles. The van der Waals surface area contributed by atoms with Gasteiger partial charge in [-0.15, -0.1) is 0 Å². The highest BCUT2D eigenvalue weighted by molar-refractivity contribution is 9.10. The van der Waals surface area contributed by atoms with Crippen LogP contribution in [-0.4, -0.2) is 4.98 Å². The van der Waals surface area contributed by atoms with Gasteiger partial charge in [-0.3, -0.25) is 0 Å². The SMILES string of the molecule is CCCC(C)(CC)c1cccnc1Br. The van der Waals surface area contributed by atoms with Gasteiger partial charge in [0.2, 0.25) is 0 Å². The average Bonchev–Trinajstić information content (AvgIpc) is 2.18. The molecule has 0 aliphatic rings. The maximum atomic E-state index is 4.29. The van der Waals surface area contributed by atoms with Gasteiger partial charge in [-0.05, 0) is 45.8 Å². The molecule has 0 N–H and O–H groups in total. The molecule has 0 spiro atoms. The number of aromatic nitrogens is 1.